The van der Waals surface area contributed by atoms with Gasteiger partial charge in [0, 0.05) is 43.3 Å². The Hall–Kier alpha value is -3.09. The van der Waals surface area contributed by atoms with Crippen molar-refractivity contribution in [3.05, 3.63) is 88.7 Å². The van der Waals surface area contributed by atoms with Crippen LogP contribution in [0.2, 0.25) is 5.02 Å². The lowest BCUT2D eigenvalue weighted by atomic mass is 9.86. The van der Waals surface area contributed by atoms with Gasteiger partial charge >= 0.3 is 0 Å². The Morgan fingerprint density at radius 1 is 1.02 bits per heavy atom. The van der Waals surface area contributed by atoms with Crippen LogP contribution in [-0.2, 0) is 0 Å². The largest absolute Gasteiger partial charge is 0.370 e. The minimum Gasteiger partial charge on any atom is -0.370 e. The molecule has 2 atom stereocenters. The Morgan fingerprint density at radius 2 is 1.77 bits per heavy atom. The number of hydrogen-bond donors (Lipinski definition) is 1. The third-order valence-corrected chi connectivity index (χ3v) is 9.63. The Kier molecular flexibility index (Phi) is 7.04. The van der Waals surface area contributed by atoms with Crippen molar-refractivity contribution in [2.45, 2.75) is 58.2 Å². The van der Waals surface area contributed by atoms with E-state index < -0.39 is 0 Å². The van der Waals surface area contributed by atoms with E-state index in [-0.39, 0.29) is 17.6 Å². The minimum absolute atomic E-state index is 0.0392. The summed E-state index contributed by atoms with van der Waals surface area (Å²) in [5.41, 5.74) is 7.99. The summed E-state index contributed by atoms with van der Waals surface area (Å²) in [5.74, 6) is 0.771. The Morgan fingerprint density at radius 3 is 2.48 bits per heavy atom. The number of anilines is 3. The normalized spacial score (nSPS) is 22.7. The maximum absolute atomic E-state index is 6.97. The lowest BCUT2D eigenvalue weighted by molar-refractivity contribution is 0.438. The van der Waals surface area contributed by atoms with E-state index in [1.165, 1.54) is 35.2 Å². The highest BCUT2D eigenvalue weighted by molar-refractivity contribution is 7.80. The van der Waals surface area contributed by atoms with Crippen molar-refractivity contribution in [2.75, 3.05) is 34.8 Å². The highest BCUT2D eigenvalue weighted by atomic mass is 35.5. The Labute approximate surface area is 248 Å². The highest BCUT2D eigenvalue weighted by Crippen LogP contribution is 2.46. The maximum atomic E-state index is 6.97. The molecule has 208 valence electrons. The summed E-state index contributed by atoms with van der Waals surface area (Å²) in [6.45, 7) is 11.1. The predicted molar refractivity (Wildman–Crippen MR) is 173 cm³/mol. The van der Waals surface area contributed by atoms with Gasteiger partial charge in [0.05, 0.1) is 34.0 Å². The summed E-state index contributed by atoms with van der Waals surface area (Å²) >= 11 is 13.0. The number of allylic oxidation sites excluding steroid dienone is 1. The van der Waals surface area contributed by atoms with Crippen LogP contribution >= 0.6 is 23.8 Å². The van der Waals surface area contributed by atoms with E-state index in [2.05, 4.69) is 103 Å². The first-order valence-corrected chi connectivity index (χ1v) is 15.1. The van der Waals surface area contributed by atoms with Crippen molar-refractivity contribution in [2.24, 2.45) is 5.92 Å². The fourth-order valence-electron chi connectivity index (χ4n) is 6.48. The molecule has 4 heterocycles. The number of piperidine rings is 1. The number of likely N-dealkylation sites (N-methyl/N-ethyl adjacent to an activating group) is 1. The van der Waals surface area contributed by atoms with Gasteiger partial charge in [-0.25, -0.2) is 0 Å². The van der Waals surface area contributed by atoms with Gasteiger partial charge in [0.25, 0.3) is 0 Å². The molecule has 3 aliphatic heterocycles. The van der Waals surface area contributed by atoms with E-state index in [9.17, 15) is 0 Å². The molecule has 0 aliphatic carbocycles. The van der Waals surface area contributed by atoms with E-state index in [1.807, 2.05) is 18.3 Å². The molecule has 0 radical (unpaired) electrons. The topological polar surface area (TPSA) is 34.6 Å². The molecule has 0 bridgehead atoms. The number of halogens is 1. The van der Waals surface area contributed by atoms with Crippen molar-refractivity contribution in [3.63, 3.8) is 0 Å². The van der Waals surface area contributed by atoms with Gasteiger partial charge in [-0.15, -0.1) is 0 Å². The third kappa shape index (κ3) is 4.75. The van der Waals surface area contributed by atoms with Gasteiger partial charge < -0.3 is 20.0 Å². The van der Waals surface area contributed by atoms with Crippen molar-refractivity contribution in [1.82, 2.24) is 10.3 Å². The van der Waals surface area contributed by atoms with E-state index >= 15 is 0 Å². The zero-order valence-electron chi connectivity index (χ0n) is 24.0. The first-order chi connectivity index (χ1) is 19.1. The van der Waals surface area contributed by atoms with Crippen LogP contribution in [-0.4, -0.2) is 35.8 Å². The number of rotatable bonds is 4. The summed E-state index contributed by atoms with van der Waals surface area (Å²) in [6, 6.07) is 19.1. The molecule has 5 nitrogen and oxygen atoms in total. The molecule has 0 amide bonds. The average molecular weight is 572 g/mol. The van der Waals surface area contributed by atoms with Crippen LogP contribution in [0, 0.1) is 5.92 Å². The number of nitrogens with one attached hydrogen (secondary N) is 1. The molecule has 0 spiro atoms. The minimum atomic E-state index is -0.101. The summed E-state index contributed by atoms with van der Waals surface area (Å²) in [6.07, 6.45) is 6.60. The fourth-order valence-corrected chi connectivity index (χ4v) is 7.12. The monoisotopic (exact) mass is 571 g/mol. The molecule has 3 aromatic rings. The maximum Gasteiger partial charge on any atom is 0.174 e. The van der Waals surface area contributed by atoms with Crippen LogP contribution in [0.4, 0.5) is 17.1 Å². The third-order valence-electron chi connectivity index (χ3n) is 9.01. The Balaban J connectivity index is 1.42. The van der Waals surface area contributed by atoms with Gasteiger partial charge in [0.2, 0.25) is 0 Å². The summed E-state index contributed by atoms with van der Waals surface area (Å²) < 4.78 is 0. The van der Waals surface area contributed by atoms with Crippen LogP contribution in [0.15, 0.2) is 66.9 Å². The van der Waals surface area contributed by atoms with Crippen LogP contribution < -0.4 is 20.0 Å². The standard InChI is InChI=1S/C33H38ClN5S/c1-21-13-16-38(17-14-21)29-12-10-24(19-26(29)34)39-31(30(36-32(39)40)27-8-6-7-15-35-27)23-9-11-28-25(18-23)22(2)20-33(3,4)37(28)5/h6-12,15,18-21,30-31H,13-14,16-17H2,1-5H3,(H,36,40)/t30-,31-/m0/s1. The second kappa shape index (κ2) is 10.4. The summed E-state index contributed by atoms with van der Waals surface area (Å²) in [5, 5.41) is 5.05. The molecular weight excluding hydrogens is 534 g/mol. The molecule has 3 aliphatic rings. The second-order valence-corrected chi connectivity index (χ2v) is 12.9. The van der Waals surface area contributed by atoms with Gasteiger partial charge in [0.1, 0.15) is 0 Å². The molecule has 2 aromatic carbocycles. The van der Waals surface area contributed by atoms with Gasteiger partial charge in [-0.1, -0.05) is 36.7 Å². The molecule has 6 rings (SSSR count). The number of aromatic nitrogens is 1. The van der Waals surface area contributed by atoms with Crippen LogP contribution in [0.1, 0.15) is 69.4 Å². The zero-order chi connectivity index (χ0) is 28.2. The van der Waals surface area contributed by atoms with E-state index in [4.69, 9.17) is 28.8 Å². The first-order valence-electron chi connectivity index (χ1n) is 14.3. The van der Waals surface area contributed by atoms with Crippen molar-refractivity contribution >= 4 is 51.6 Å². The van der Waals surface area contributed by atoms with Gasteiger partial charge in [-0.2, -0.15) is 0 Å². The molecule has 1 N–H and O–H groups in total. The van der Waals surface area contributed by atoms with Gasteiger partial charge in [0.15, 0.2) is 5.11 Å². The average Bonchev–Trinajstić information content (AvgIpc) is 3.29. The summed E-state index contributed by atoms with van der Waals surface area (Å²) in [7, 11) is 2.17. The highest BCUT2D eigenvalue weighted by Gasteiger charge is 2.41. The number of thiocarbonyl (C=S) groups is 1. The quantitative estimate of drug-likeness (QED) is 0.322. The number of fused-ring (bicyclic) bond motifs is 1. The molecule has 40 heavy (non-hydrogen) atoms. The fraction of sp³-hybridized carbons (Fsp3) is 0.394. The molecule has 1 aromatic heterocycles. The number of hydrogen-bond acceptors (Lipinski definition) is 4. The van der Waals surface area contributed by atoms with Crippen molar-refractivity contribution < 1.29 is 0 Å². The number of nitrogens with zero attached hydrogens (tertiary/aromatic N) is 4. The zero-order valence-corrected chi connectivity index (χ0v) is 25.6. The van der Waals surface area contributed by atoms with E-state index in [0.717, 1.165) is 41.1 Å². The number of benzene rings is 2. The van der Waals surface area contributed by atoms with Gasteiger partial charge in [-0.05, 0) is 105 Å². The molecule has 0 unspecified atom stereocenters. The van der Waals surface area contributed by atoms with Crippen molar-refractivity contribution in [3.8, 4) is 0 Å². The lowest BCUT2D eigenvalue weighted by Gasteiger charge is -2.41. The predicted octanol–water partition coefficient (Wildman–Crippen LogP) is 7.78. The smallest absolute Gasteiger partial charge is 0.174 e. The van der Waals surface area contributed by atoms with E-state index in [1.54, 1.807) is 0 Å². The second-order valence-electron chi connectivity index (χ2n) is 12.1. The summed E-state index contributed by atoms with van der Waals surface area (Å²) in [4.78, 5) is 11.7. The van der Waals surface area contributed by atoms with E-state index in [0.29, 0.717) is 5.11 Å². The van der Waals surface area contributed by atoms with Gasteiger partial charge in [-0.3, -0.25) is 4.98 Å². The lowest BCUT2D eigenvalue weighted by Crippen LogP contribution is -2.42. The number of pyridine rings is 1. The van der Waals surface area contributed by atoms with Crippen LogP contribution in [0.5, 0.6) is 0 Å². The van der Waals surface area contributed by atoms with Crippen LogP contribution in [0.3, 0.4) is 0 Å². The first kappa shape index (κ1) is 27.1. The molecule has 7 heteroatoms. The molecule has 2 saturated heterocycles. The molecule has 2 fully saturated rings. The SMILES string of the molecule is CC1=CC(C)(C)N(C)c2ccc([C@H]3[C@H](c4ccccn4)NC(=S)N3c3ccc(N4CCC(C)CC4)c(Cl)c3)cc21. The van der Waals surface area contributed by atoms with Crippen molar-refractivity contribution in [1.29, 1.82) is 0 Å². The Bertz CT molecular complexity index is 1460. The molecule has 0 saturated carbocycles. The molecular formula is C33H38ClN5S. The van der Waals surface area contributed by atoms with Crippen LogP contribution in [0.25, 0.3) is 5.57 Å².